The summed E-state index contributed by atoms with van der Waals surface area (Å²) in [6, 6.07) is 19.9. The molecule has 3 aromatic heterocycles. The maximum atomic E-state index is 6.27. The van der Waals surface area contributed by atoms with Crippen LogP contribution in [0.3, 0.4) is 0 Å². The van der Waals surface area contributed by atoms with Crippen molar-refractivity contribution in [2.24, 2.45) is 0 Å². The van der Waals surface area contributed by atoms with Gasteiger partial charge in [-0.25, -0.2) is 14.6 Å². The Hall–Kier alpha value is -3.71. The van der Waals surface area contributed by atoms with E-state index in [9.17, 15) is 0 Å². The fourth-order valence-corrected chi connectivity index (χ4v) is 4.40. The molecule has 1 N–H and O–H groups in total. The van der Waals surface area contributed by atoms with Crippen molar-refractivity contribution >= 4 is 32.4 Å². The summed E-state index contributed by atoms with van der Waals surface area (Å²) in [5.74, 6) is 1.32. The average Bonchev–Trinajstić information content (AvgIpc) is 3.44. The molecule has 160 valence electrons. The predicted molar refractivity (Wildman–Crippen MR) is 129 cm³/mol. The summed E-state index contributed by atoms with van der Waals surface area (Å²) in [5, 5.41) is 8.47. The van der Waals surface area contributed by atoms with Gasteiger partial charge in [0, 0.05) is 24.2 Å². The number of benzene rings is 2. The highest BCUT2D eigenvalue weighted by molar-refractivity contribution is 7.22. The van der Waals surface area contributed by atoms with E-state index in [1.54, 1.807) is 23.7 Å². The SMILES string of the molecule is CC(C)(C)c1ccccc1Oc1ncccc1Nc1nc2ccc(-n3cccn3)cc2s1. The van der Waals surface area contributed by atoms with Crippen LogP contribution in [-0.4, -0.2) is 19.7 Å². The Morgan fingerprint density at radius 1 is 0.969 bits per heavy atom. The Morgan fingerprint density at radius 3 is 2.66 bits per heavy atom. The number of hydrogen-bond donors (Lipinski definition) is 1. The predicted octanol–water partition coefficient (Wildman–Crippen LogP) is 6.71. The first kappa shape index (κ1) is 20.2. The smallest absolute Gasteiger partial charge is 0.243 e. The minimum Gasteiger partial charge on any atom is -0.437 e. The van der Waals surface area contributed by atoms with Crippen molar-refractivity contribution in [2.45, 2.75) is 26.2 Å². The monoisotopic (exact) mass is 441 g/mol. The summed E-state index contributed by atoms with van der Waals surface area (Å²) in [6.07, 6.45) is 5.43. The lowest BCUT2D eigenvalue weighted by molar-refractivity contribution is 0.442. The van der Waals surface area contributed by atoms with Crippen LogP contribution in [0.25, 0.3) is 15.9 Å². The van der Waals surface area contributed by atoms with Gasteiger partial charge < -0.3 is 10.1 Å². The second-order valence-electron chi connectivity index (χ2n) is 8.45. The number of nitrogens with one attached hydrogen (secondary N) is 1. The van der Waals surface area contributed by atoms with Crippen LogP contribution in [0.1, 0.15) is 26.3 Å². The van der Waals surface area contributed by atoms with Gasteiger partial charge in [-0.2, -0.15) is 5.10 Å². The third-order valence-electron chi connectivity index (χ3n) is 5.06. The number of para-hydroxylation sites is 1. The van der Waals surface area contributed by atoms with Gasteiger partial charge in [0.15, 0.2) is 5.13 Å². The van der Waals surface area contributed by atoms with Gasteiger partial charge in [0.2, 0.25) is 5.88 Å². The lowest BCUT2D eigenvalue weighted by atomic mass is 9.86. The summed E-state index contributed by atoms with van der Waals surface area (Å²) in [4.78, 5) is 9.21. The molecule has 0 saturated carbocycles. The molecule has 0 radical (unpaired) electrons. The van der Waals surface area contributed by atoms with Gasteiger partial charge in [0.25, 0.3) is 0 Å². The molecular formula is C25H23N5OS. The van der Waals surface area contributed by atoms with Gasteiger partial charge in [0.1, 0.15) is 11.4 Å². The van der Waals surface area contributed by atoms with Crippen LogP contribution >= 0.6 is 11.3 Å². The molecule has 6 nitrogen and oxygen atoms in total. The van der Waals surface area contributed by atoms with Crippen molar-refractivity contribution in [1.82, 2.24) is 19.7 Å². The summed E-state index contributed by atoms with van der Waals surface area (Å²) >= 11 is 1.58. The number of anilines is 2. The van der Waals surface area contributed by atoms with E-state index in [4.69, 9.17) is 9.72 Å². The Kier molecular flexibility index (Phi) is 5.11. The summed E-state index contributed by atoms with van der Waals surface area (Å²) in [7, 11) is 0. The van der Waals surface area contributed by atoms with E-state index in [2.05, 4.69) is 48.3 Å². The van der Waals surface area contributed by atoms with Crippen LogP contribution in [0.2, 0.25) is 0 Å². The van der Waals surface area contributed by atoms with Gasteiger partial charge in [0.05, 0.1) is 15.9 Å². The number of aromatic nitrogens is 4. The number of fused-ring (bicyclic) bond motifs is 1. The molecule has 0 aliphatic carbocycles. The quantitative estimate of drug-likeness (QED) is 0.328. The van der Waals surface area contributed by atoms with Gasteiger partial charge in [-0.1, -0.05) is 50.3 Å². The minimum absolute atomic E-state index is 0.0434. The maximum Gasteiger partial charge on any atom is 0.243 e. The highest BCUT2D eigenvalue weighted by Gasteiger charge is 2.20. The summed E-state index contributed by atoms with van der Waals surface area (Å²) in [5.41, 5.74) is 3.78. The van der Waals surface area contributed by atoms with Crippen molar-refractivity contribution < 1.29 is 4.74 Å². The van der Waals surface area contributed by atoms with E-state index in [0.717, 1.165) is 38.0 Å². The highest BCUT2D eigenvalue weighted by Crippen LogP contribution is 2.37. The Balaban J connectivity index is 1.44. The van der Waals surface area contributed by atoms with Crippen LogP contribution in [-0.2, 0) is 5.41 Å². The standard InChI is InChI=1S/C25H23N5OS/c1-25(2,3)18-8-4-5-10-21(18)31-23-20(9-6-13-26-23)29-24-28-19-12-11-17(16-22(19)32-24)30-15-7-14-27-30/h4-16H,1-3H3,(H,28,29). The second kappa shape index (κ2) is 8.09. The average molecular weight is 442 g/mol. The van der Waals surface area contributed by atoms with Crippen molar-refractivity contribution in [2.75, 3.05) is 5.32 Å². The zero-order valence-electron chi connectivity index (χ0n) is 18.1. The number of ether oxygens (including phenoxy) is 1. The van der Waals surface area contributed by atoms with Crippen molar-refractivity contribution in [3.05, 3.63) is 84.8 Å². The molecule has 3 heterocycles. The van der Waals surface area contributed by atoms with Crippen LogP contribution < -0.4 is 10.1 Å². The first-order valence-corrected chi connectivity index (χ1v) is 11.2. The van der Waals surface area contributed by atoms with Crippen molar-refractivity contribution in [3.63, 3.8) is 0 Å². The summed E-state index contributed by atoms with van der Waals surface area (Å²) < 4.78 is 9.19. The number of pyridine rings is 1. The number of thiazole rings is 1. The Morgan fingerprint density at radius 2 is 1.84 bits per heavy atom. The molecule has 0 aliphatic rings. The Labute approximate surface area is 190 Å². The first-order valence-electron chi connectivity index (χ1n) is 10.4. The molecule has 0 unspecified atom stereocenters. The van der Waals surface area contributed by atoms with E-state index >= 15 is 0 Å². The van der Waals surface area contributed by atoms with Gasteiger partial charge in [-0.3, -0.25) is 0 Å². The Bertz CT molecular complexity index is 1370. The zero-order chi connectivity index (χ0) is 22.1. The molecule has 32 heavy (non-hydrogen) atoms. The topological polar surface area (TPSA) is 64.9 Å². The number of rotatable bonds is 5. The van der Waals surface area contributed by atoms with E-state index in [0.29, 0.717) is 5.88 Å². The third kappa shape index (κ3) is 4.07. The molecule has 0 amide bonds. The van der Waals surface area contributed by atoms with Crippen molar-refractivity contribution in [1.29, 1.82) is 0 Å². The lowest BCUT2D eigenvalue weighted by Gasteiger charge is -2.22. The van der Waals surface area contributed by atoms with Crippen LogP contribution in [0, 0.1) is 0 Å². The van der Waals surface area contributed by atoms with Gasteiger partial charge >= 0.3 is 0 Å². The molecule has 7 heteroatoms. The normalized spacial score (nSPS) is 11.6. The molecule has 0 atom stereocenters. The van der Waals surface area contributed by atoms with E-state index in [1.807, 2.05) is 59.4 Å². The fraction of sp³-hybridized carbons (Fsp3) is 0.160. The molecule has 0 fully saturated rings. The van der Waals surface area contributed by atoms with Gasteiger partial charge in [-0.15, -0.1) is 0 Å². The third-order valence-corrected chi connectivity index (χ3v) is 5.99. The van der Waals surface area contributed by atoms with Crippen LogP contribution in [0.4, 0.5) is 10.8 Å². The molecule has 0 saturated heterocycles. The molecule has 2 aromatic carbocycles. The fourth-order valence-electron chi connectivity index (χ4n) is 3.49. The van der Waals surface area contributed by atoms with Gasteiger partial charge in [-0.05, 0) is 47.9 Å². The number of nitrogens with zero attached hydrogens (tertiary/aromatic N) is 4. The van der Waals surface area contributed by atoms with Crippen LogP contribution in [0.5, 0.6) is 11.6 Å². The first-order chi connectivity index (χ1) is 15.5. The van der Waals surface area contributed by atoms with Crippen LogP contribution in [0.15, 0.2) is 79.3 Å². The molecule has 5 aromatic rings. The minimum atomic E-state index is -0.0434. The molecule has 0 spiro atoms. The molecule has 5 rings (SSSR count). The molecule has 0 aliphatic heterocycles. The van der Waals surface area contributed by atoms with E-state index < -0.39 is 0 Å². The zero-order valence-corrected chi connectivity index (χ0v) is 18.9. The van der Waals surface area contributed by atoms with E-state index in [-0.39, 0.29) is 5.41 Å². The highest BCUT2D eigenvalue weighted by atomic mass is 32.1. The summed E-state index contributed by atoms with van der Waals surface area (Å²) in [6.45, 7) is 6.52. The molecule has 0 bridgehead atoms. The van der Waals surface area contributed by atoms with Crippen molar-refractivity contribution in [3.8, 4) is 17.3 Å². The second-order valence-corrected chi connectivity index (χ2v) is 9.48. The lowest BCUT2D eigenvalue weighted by Crippen LogP contribution is -2.12. The number of hydrogen-bond acceptors (Lipinski definition) is 6. The molecular weight excluding hydrogens is 418 g/mol. The largest absolute Gasteiger partial charge is 0.437 e. The maximum absolute atomic E-state index is 6.27. The van der Waals surface area contributed by atoms with E-state index in [1.165, 1.54) is 0 Å².